The molecule has 1 aliphatic heterocycles. The molecule has 2 rings (SSSR count). The zero-order chi connectivity index (χ0) is 17.0. The van der Waals surface area contributed by atoms with Crippen molar-refractivity contribution < 1.29 is 9.47 Å². The van der Waals surface area contributed by atoms with E-state index in [4.69, 9.17) is 9.47 Å². The molecule has 0 saturated carbocycles. The van der Waals surface area contributed by atoms with Crippen molar-refractivity contribution in [1.29, 1.82) is 0 Å². The molecule has 1 saturated heterocycles. The maximum absolute atomic E-state index is 5.96. The van der Waals surface area contributed by atoms with Crippen LogP contribution in [-0.4, -0.2) is 38.4 Å². The summed E-state index contributed by atoms with van der Waals surface area (Å²) >= 11 is 0. The highest BCUT2D eigenvalue weighted by Crippen LogP contribution is 2.14. The van der Waals surface area contributed by atoms with E-state index in [-0.39, 0.29) is 24.0 Å². The Balaban J connectivity index is 0.00000312. The summed E-state index contributed by atoms with van der Waals surface area (Å²) in [6.45, 7) is 9.04. The lowest BCUT2D eigenvalue weighted by molar-refractivity contribution is -0.0390. The Hall–Kier alpha value is -0.860. The highest BCUT2D eigenvalue weighted by molar-refractivity contribution is 14.0. The third-order valence-electron chi connectivity index (χ3n) is 3.98. The number of benzene rings is 1. The maximum atomic E-state index is 5.96. The van der Waals surface area contributed by atoms with Gasteiger partial charge < -0.3 is 20.1 Å². The summed E-state index contributed by atoms with van der Waals surface area (Å²) in [7, 11) is 0. The third-order valence-corrected chi connectivity index (χ3v) is 3.98. The van der Waals surface area contributed by atoms with Gasteiger partial charge in [-0.05, 0) is 37.3 Å². The Kier molecular flexibility index (Phi) is 11.9. The first-order valence-corrected chi connectivity index (χ1v) is 9.11. The molecule has 5 nitrogen and oxygen atoms in total. The van der Waals surface area contributed by atoms with Crippen LogP contribution in [-0.2, 0) is 22.6 Å². The van der Waals surface area contributed by atoms with Crippen LogP contribution >= 0.6 is 24.0 Å². The summed E-state index contributed by atoms with van der Waals surface area (Å²) in [4.78, 5) is 4.62. The van der Waals surface area contributed by atoms with E-state index in [1.165, 1.54) is 11.1 Å². The second-order valence-electron chi connectivity index (χ2n) is 6.06. The van der Waals surface area contributed by atoms with Crippen molar-refractivity contribution in [3.8, 4) is 0 Å². The van der Waals surface area contributed by atoms with E-state index in [0.29, 0.717) is 19.3 Å². The molecule has 0 atom stereocenters. The van der Waals surface area contributed by atoms with E-state index >= 15 is 0 Å². The van der Waals surface area contributed by atoms with Crippen LogP contribution in [0.2, 0.25) is 0 Å². The van der Waals surface area contributed by atoms with Gasteiger partial charge in [0.15, 0.2) is 5.96 Å². The third kappa shape index (κ3) is 8.87. The first-order chi connectivity index (χ1) is 11.8. The van der Waals surface area contributed by atoms with Gasteiger partial charge in [-0.2, -0.15) is 0 Å². The molecule has 2 N–H and O–H groups in total. The molecule has 1 aliphatic rings. The molecule has 0 bridgehead atoms. The van der Waals surface area contributed by atoms with E-state index < -0.39 is 0 Å². The number of hydrogen-bond donors (Lipinski definition) is 2. The van der Waals surface area contributed by atoms with Gasteiger partial charge in [0.1, 0.15) is 0 Å². The Bertz CT molecular complexity index is 488. The lowest BCUT2D eigenvalue weighted by Crippen LogP contribution is -2.37. The Labute approximate surface area is 169 Å². The topological polar surface area (TPSA) is 54.9 Å². The molecule has 1 aromatic carbocycles. The molecule has 0 amide bonds. The van der Waals surface area contributed by atoms with Gasteiger partial charge in [0.2, 0.25) is 0 Å². The lowest BCUT2D eigenvalue weighted by Gasteiger charge is -2.22. The van der Waals surface area contributed by atoms with Gasteiger partial charge in [-0.25, -0.2) is 4.99 Å². The minimum Gasteiger partial charge on any atom is -0.381 e. The number of ether oxygens (including phenoxy) is 2. The van der Waals surface area contributed by atoms with Gasteiger partial charge in [-0.15, -0.1) is 24.0 Å². The number of nitrogens with zero attached hydrogens (tertiary/aromatic N) is 1. The standard InChI is InChI=1S/C19H31N3O2.HI/c1-3-11-21-19(20-4-2)22-14-16-5-7-17(8-6-16)15-24-18-9-12-23-13-10-18;/h5-8,18H,3-4,9-15H2,1-2H3,(H2,20,21,22);1H. The summed E-state index contributed by atoms with van der Waals surface area (Å²) in [5, 5.41) is 6.58. The molecule has 0 aromatic heterocycles. The molecular formula is C19H32IN3O2. The maximum Gasteiger partial charge on any atom is 0.191 e. The normalized spacial score (nSPS) is 15.5. The summed E-state index contributed by atoms with van der Waals surface area (Å²) in [6.07, 6.45) is 3.44. The monoisotopic (exact) mass is 461 g/mol. The van der Waals surface area contributed by atoms with Crippen LogP contribution < -0.4 is 10.6 Å². The lowest BCUT2D eigenvalue weighted by atomic mass is 10.1. The van der Waals surface area contributed by atoms with Crippen LogP contribution in [0, 0.1) is 0 Å². The predicted molar refractivity (Wildman–Crippen MR) is 114 cm³/mol. The van der Waals surface area contributed by atoms with Crippen LogP contribution in [0.3, 0.4) is 0 Å². The fourth-order valence-electron chi connectivity index (χ4n) is 2.55. The highest BCUT2D eigenvalue weighted by atomic mass is 127. The summed E-state index contributed by atoms with van der Waals surface area (Å²) in [5.74, 6) is 0.881. The van der Waals surface area contributed by atoms with Crippen LogP contribution in [0.15, 0.2) is 29.3 Å². The van der Waals surface area contributed by atoms with Gasteiger partial charge in [-0.1, -0.05) is 31.2 Å². The average Bonchev–Trinajstić information content (AvgIpc) is 2.64. The number of rotatable bonds is 8. The number of hydrogen-bond acceptors (Lipinski definition) is 3. The van der Waals surface area contributed by atoms with Crippen LogP contribution in [0.5, 0.6) is 0 Å². The molecule has 1 heterocycles. The second-order valence-corrected chi connectivity index (χ2v) is 6.06. The van der Waals surface area contributed by atoms with E-state index in [2.05, 4.69) is 53.7 Å². The molecule has 6 heteroatoms. The van der Waals surface area contributed by atoms with Crippen LogP contribution in [0.25, 0.3) is 0 Å². The van der Waals surface area contributed by atoms with Crippen LogP contribution in [0.4, 0.5) is 0 Å². The SMILES string of the molecule is CCCNC(=NCc1ccc(COC2CCOCC2)cc1)NCC.I. The molecule has 1 aromatic rings. The molecule has 0 spiro atoms. The highest BCUT2D eigenvalue weighted by Gasteiger charge is 2.13. The van der Waals surface area contributed by atoms with Gasteiger partial charge in [0, 0.05) is 26.3 Å². The number of aliphatic imine (C=N–C) groups is 1. The molecule has 0 aliphatic carbocycles. The summed E-state index contributed by atoms with van der Waals surface area (Å²) in [6, 6.07) is 8.54. The second kappa shape index (κ2) is 13.4. The van der Waals surface area contributed by atoms with Crippen LogP contribution in [0.1, 0.15) is 44.2 Å². The van der Waals surface area contributed by atoms with Gasteiger partial charge in [0.05, 0.1) is 19.3 Å². The smallest absolute Gasteiger partial charge is 0.191 e. The van der Waals surface area contributed by atoms with Gasteiger partial charge >= 0.3 is 0 Å². The van der Waals surface area contributed by atoms with Gasteiger partial charge in [-0.3, -0.25) is 0 Å². The fraction of sp³-hybridized carbons (Fsp3) is 0.632. The zero-order valence-electron chi connectivity index (χ0n) is 15.4. The van der Waals surface area contributed by atoms with Crippen molar-refractivity contribution in [2.45, 2.75) is 52.4 Å². The fourth-order valence-corrected chi connectivity index (χ4v) is 2.55. The minimum atomic E-state index is 0. The molecule has 25 heavy (non-hydrogen) atoms. The number of nitrogens with one attached hydrogen (secondary N) is 2. The minimum absolute atomic E-state index is 0. The Morgan fingerprint density at radius 2 is 1.80 bits per heavy atom. The van der Waals surface area contributed by atoms with E-state index in [1.807, 2.05) is 0 Å². The first-order valence-electron chi connectivity index (χ1n) is 9.11. The average molecular weight is 461 g/mol. The Morgan fingerprint density at radius 1 is 1.12 bits per heavy atom. The predicted octanol–water partition coefficient (Wildman–Crippen LogP) is 3.47. The molecule has 0 unspecified atom stereocenters. The molecular weight excluding hydrogens is 429 g/mol. The van der Waals surface area contributed by atoms with Crippen molar-refractivity contribution in [1.82, 2.24) is 10.6 Å². The van der Waals surface area contributed by atoms with Gasteiger partial charge in [0.25, 0.3) is 0 Å². The largest absolute Gasteiger partial charge is 0.381 e. The van der Waals surface area contributed by atoms with E-state index in [9.17, 15) is 0 Å². The number of halogens is 1. The number of guanidine groups is 1. The van der Waals surface area contributed by atoms with Crippen molar-refractivity contribution in [3.63, 3.8) is 0 Å². The van der Waals surface area contributed by atoms with Crippen molar-refractivity contribution in [2.24, 2.45) is 4.99 Å². The summed E-state index contributed by atoms with van der Waals surface area (Å²) in [5.41, 5.74) is 2.42. The first kappa shape index (κ1) is 22.2. The zero-order valence-corrected chi connectivity index (χ0v) is 17.8. The van der Waals surface area contributed by atoms with E-state index in [0.717, 1.165) is 51.5 Å². The molecule has 1 fully saturated rings. The quantitative estimate of drug-likeness (QED) is 0.354. The van der Waals surface area contributed by atoms with E-state index in [1.54, 1.807) is 0 Å². The van der Waals surface area contributed by atoms with Crippen molar-refractivity contribution in [2.75, 3.05) is 26.3 Å². The summed E-state index contributed by atoms with van der Waals surface area (Å²) < 4.78 is 11.3. The van der Waals surface area contributed by atoms with Crippen molar-refractivity contribution >= 4 is 29.9 Å². The molecule has 0 radical (unpaired) electrons. The Morgan fingerprint density at radius 3 is 2.44 bits per heavy atom. The van der Waals surface area contributed by atoms with Crippen molar-refractivity contribution in [3.05, 3.63) is 35.4 Å². The molecule has 142 valence electrons.